The van der Waals surface area contributed by atoms with E-state index in [0.717, 1.165) is 28.1 Å². The Balaban J connectivity index is 1.61. The minimum absolute atomic E-state index is 0.101. The molecule has 8 heteroatoms. The van der Waals surface area contributed by atoms with Crippen LogP contribution in [0.25, 0.3) is 11.3 Å². The Labute approximate surface area is 196 Å². The van der Waals surface area contributed by atoms with Crippen LogP contribution in [-0.4, -0.2) is 30.3 Å². The number of fused-ring (bicyclic) bond motifs is 1. The van der Waals surface area contributed by atoms with E-state index in [-0.39, 0.29) is 22.4 Å². The number of aryl methyl sites for hydroxylation is 4. The number of carbonyl (C=O) groups excluding carboxylic acids is 1. The van der Waals surface area contributed by atoms with Crippen LogP contribution in [0.4, 0.5) is 5.69 Å². The SMILES string of the molecule is CC[C@H](Sc1nnc2c(=O)n(-c3ccc(C)c(C)c3)ccn12)C(=O)Nc1cc(C)ccc1C. The molecule has 0 aliphatic heterocycles. The van der Waals surface area contributed by atoms with E-state index in [1.807, 2.05) is 71.0 Å². The molecule has 1 atom stereocenters. The normalized spacial score (nSPS) is 12.2. The van der Waals surface area contributed by atoms with E-state index in [1.165, 1.54) is 17.3 Å². The summed E-state index contributed by atoms with van der Waals surface area (Å²) in [4.78, 5) is 26.1. The van der Waals surface area contributed by atoms with Crippen LogP contribution >= 0.6 is 11.8 Å². The van der Waals surface area contributed by atoms with Crippen molar-refractivity contribution in [3.8, 4) is 5.69 Å². The molecule has 1 amide bonds. The van der Waals surface area contributed by atoms with Crippen molar-refractivity contribution in [1.82, 2.24) is 19.2 Å². The predicted octanol–water partition coefficient (Wildman–Crippen LogP) is 4.62. The summed E-state index contributed by atoms with van der Waals surface area (Å²) < 4.78 is 3.22. The summed E-state index contributed by atoms with van der Waals surface area (Å²) in [6, 6.07) is 11.9. The van der Waals surface area contributed by atoms with Crippen molar-refractivity contribution in [2.24, 2.45) is 0 Å². The van der Waals surface area contributed by atoms with Crippen molar-refractivity contribution in [3.05, 3.63) is 81.4 Å². The van der Waals surface area contributed by atoms with Crippen LogP contribution in [0.5, 0.6) is 0 Å². The van der Waals surface area contributed by atoms with Gasteiger partial charge in [0.05, 0.1) is 5.25 Å². The minimum atomic E-state index is -0.375. The van der Waals surface area contributed by atoms with Gasteiger partial charge < -0.3 is 5.32 Å². The Morgan fingerprint density at radius 3 is 2.48 bits per heavy atom. The van der Waals surface area contributed by atoms with E-state index in [4.69, 9.17) is 0 Å². The van der Waals surface area contributed by atoms with Gasteiger partial charge in [-0.3, -0.25) is 18.6 Å². The molecule has 0 fully saturated rings. The summed E-state index contributed by atoms with van der Waals surface area (Å²) in [7, 11) is 0. The number of aromatic nitrogens is 4. The maximum atomic E-state index is 13.1. The fourth-order valence-corrected chi connectivity index (χ4v) is 4.49. The highest BCUT2D eigenvalue weighted by Gasteiger charge is 2.22. The summed E-state index contributed by atoms with van der Waals surface area (Å²) in [5, 5.41) is 11.5. The van der Waals surface area contributed by atoms with Gasteiger partial charge in [0.15, 0.2) is 5.16 Å². The largest absolute Gasteiger partial charge is 0.325 e. The zero-order chi connectivity index (χ0) is 23.7. The van der Waals surface area contributed by atoms with Crippen molar-refractivity contribution < 1.29 is 4.79 Å². The molecule has 0 radical (unpaired) electrons. The van der Waals surface area contributed by atoms with Gasteiger partial charge in [-0.25, -0.2) is 0 Å². The molecule has 2 heterocycles. The third-order valence-electron chi connectivity index (χ3n) is 5.77. The second kappa shape index (κ2) is 9.23. The lowest BCUT2D eigenvalue weighted by atomic mass is 10.1. The molecule has 0 saturated heterocycles. The Morgan fingerprint density at radius 1 is 1.00 bits per heavy atom. The van der Waals surface area contributed by atoms with Gasteiger partial charge in [-0.1, -0.05) is 36.9 Å². The molecule has 170 valence electrons. The molecule has 0 aliphatic carbocycles. The minimum Gasteiger partial charge on any atom is -0.325 e. The summed E-state index contributed by atoms with van der Waals surface area (Å²) >= 11 is 1.31. The van der Waals surface area contributed by atoms with Crippen molar-refractivity contribution in [1.29, 1.82) is 0 Å². The number of nitrogens with one attached hydrogen (secondary N) is 1. The number of amides is 1. The second-order valence-electron chi connectivity index (χ2n) is 8.24. The molecule has 2 aromatic carbocycles. The summed E-state index contributed by atoms with van der Waals surface area (Å²) in [6.45, 7) is 9.97. The van der Waals surface area contributed by atoms with E-state index >= 15 is 0 Å². The maximum Gasteiger partial charge on any atom is 0.300 e. The van der Waals surface area contributed by atoms with Gasteiger partial charge in [0.25, 0.3) is 0 Å². The third-order valence-corrected chi connectivity index (χ3v) is 7.09. The Morgan fingerprint density at radius 2 is 1.76 bits per heavy atom. The standard InChI is InChI=1S/C25H27N5O2S/c1-6-21(23(31)26-20-13-15(2)7-8-17(20)4)33-25-28-27-22-24(32)29(11-12-30(22)25)19-10-9-16(3)18(5)14-19/h7-14,21H,6H2,1-5H3,(H,26,31)/t21-/m0/s1. The number of rotatable bonds is 6. The van der Waals surface area contributed by atoms with Gasteiger partial charge in [0, 0.05) is 23.8 Å². The zero-order valence-electron chi connectivity index (χ0n) is 19.4. The smallest absolute Gasteiger partial charge is 0.300 e. The number of hydrogen-bond donors (Lipinski definition) is 1. The molecule has 1 N–H and O–H groups in total. The molecule has 0 aliphatic rings. The molecule has 7 nitrogen and oxygen atoms in total. The van der Waals surface area contributed by atoms with Crippen LogP contribution in [-0.2, 0) is 4.79 Å². The van der Waals surface area contributed by atoms with Gasteiger partial charge in [0.2, 0.25) is 11.6 Å². The van der Waals surface area contributed by atoms with Gasteiger partial charge in [-0.2, -0.15) is 0 Å². The van der Waals surface area contributed by atoms with Gasteiger partial charge in [-0.05, 0) is 74.6 Å². The van der Waals surface area contributed by atoms with E-state index in [1.54, 1.807) is 21.4 Å². The van der Waals surface area contributed by atoms with Crippen LogP contribution in [0.2, 0.25) is 0 Å². The Hall–Kier alpha value is -3.39. The van der Waals surface area contributed by atoms with Gasteiger partial charge in [0.1, 0.15) is 0 Å². The molecule has 2 aromatic heterocycles. The molecule has 0 spiro atoms. The highest BCUT2D eigenvalue weighted by Crippen LogP contribution is 2.26. The van der Waals surface area contributed by atoms with Crippen LogP contribution in [0.3, 0.4) is 0 Å². The first-order valence-electron chi connectivity index (χ1n) is 10.9. The van der Waals surface area contributed by atoms with E-state index in [2.05, 4.69) is 15.5 Å². The molecule has 33 heavy (non-hydrogen) atoms. The first-order chi connectivity index (χ1) is 15.8. The Kier molecular flexibility index (Phi) is 6.37. The van der Waals surface area contributed by atoms with Crippen molar-refractivity contribution in [2.45, 2.75) is 51.4 Å². The topological polar surface area (TPSA) is 81.3 Å². The Bertz CT molecular complexity index is 1410. The number of hydrogen-bond acceptors (Lipinski definition) is 5. The highest BCUT2D eigenvalue weighted by molar-refractivity contribution is 8.00. The van der Waals surface area contributed by atoms with Gasteiger partial charge in [-0.15, -0.1) is 10.2 Å². The van der Waals surface area contributed by atoms with Gasteiger partial charge >= 0.3 is 5.56 Å². The maximum absolute atomic E-state index is 13.1. The third kappa shape index (κ3) is 4.57. The van der Waals surface area contributed by atoms with Crippen molar-refractivity contribution in [2.75, 3.05) is 5.32 Å². The highest BCUT2D eigenvalue weighted by atomic mass is 32.2. The first-order valence-corrected chi connectivity index (χ1v) is 11.7. The predicted molar refractivity (Wildman–Crippen MR) is 133 cm³/mol. The van der Waals surface area contributed by atoms with E-state index in [9.17, 15) is 9.59 Å². The van der Waals surface area contributed by atoms with Crippen LogP contribution in [0, 0.1) is 27.7 Å². The lowest BCUT2D eigenvalue weighted by Gasteiger charge is -2.15. The molecule has 0 bridgehead atoms. The van der Waals surface area contributed by atoms with Crippen molar-refractivity contribution in [3.63, 3.8) is 0 Å². The molecule has 0 unspecified atom stereocenters. The summed E-state index contributed by atoms with van der Waals surface area (Å²) in [5.41, 5.74) is 5.92. The van der Waals surface area contributed by atoms with E-state index in [0.29, 0.717) is 11.6 Å². The van der Waals surface area contributed by atoms with Crippen molar-refractivity contribution >= 4 is 29.0 Å². The van der Waals surface area contributed by atoms with Crippen LogP contribution in [0.15, 0.2) is 58.7 Å². The number of benzene rings is 2. The fourth-order valence-electron chi connectivity index (χ4n) is 3.56. The molecule has 4 aromatic rings. The zero-order valence-corrected chi connectivity index (χ0v) is 20.2. The number of anilines is 1. The first kappa shape index (κ1) is 22.8. The summed E-state index contributed by atoms with van der Waals surface area (Å²) in [5.74, 6) is -0.101. The quantitative estimate of drug-likeness (QED) is 0.424. The second-order valence-corrected chi connectivity index (χ2v) is 9.41. The lowest BCUT2D eigenvalue weighted by molar-refractivity contribution is -0.115. The average molecular weight is 462 g/mol. The fraction of sp³-hybridized carbons (Fsp3) is 0.280. The molecular formula is C25H27N5O2S. The molecule has 0 saturated carbocycles. The lowest BCUT2D eigenvalue weighted by Crippen LogP contribution is -2.25. The van der Waals surface area contributed by atoms with Crippen LogP contribution in [0.1, 0.15) is 35.6 Å². The number of nitrogens with zero attached hydrogens (tertiary/aromatic N) is 4. The molecule has 4 rings (SSSR count). The van der Waals surface area contributed by atoms with E-state index < -0.39 is 0 Å². The average Bonchev–Trinajstić information content (AvgIpc) is 3.20. The monoisotopic (exact) mass is 461 g/mol. The summed E-state index contributed by atoms with van der Waals surface area (Å²) in [6.07, 6.45) is 4.09. The van der Waals surface area contributed by atoms with Crippen LogP contribution < -0.4 is 10.9 Å². The number of thioether (sulfide) groups is 1. The number of carbonyl (C=O) groups is 1. The molecular weight excluding hydrogens is 434 g/mol.